The molecule has 100 valence electrons. The highest BCUT2D eigenvalue weighted by Gasteiger charge is 2.56. The third-order valence-electron chi connectivity index (χ3n) is 1.28. The van der Waals surface area contributed by atoms with Gasteiger partial charge in [0.25, 0.3) is 0 Å². The topological polar surface area (TPSA) is 61.8 Å². The molecule has 9 heteroatoms. The first kappa shape index (κ1) is 15.6. The number of carbonyl (C=O) groups excluding carboxylic acids is 2. The van der Waals surface area contributed by atoms with Gasteiger partial charge in [0.05, 0.1) is 13.2 Å². The van der Waals surface area contributed by atoms with Crippen molar-refractivity contribution in [2.24, 2.45) is 0 Å². The van der Waals surface area contributed by atoms with Crippen molar-refractivity contribution >= 4 is 11.9 Å². The van der Waals surface area contributed by atoms with Crippen LogP contribution in [0.1, 0.15) is 13.8 Å². The molecular weight excluding hydrogens is 252 g/mol. The molecule has 0 unspecified atom stereocenters. The Hall–Kier alpha value is -1.38. The highest BCUT2D eigenvalue weighted by Crippen LogP contribution is 2.29. The van der Waals surface area contributed by atoms with E-state index >= 15 is 0 Å². The van der Waals surface area contributed by atoms with Gasteiger partial charge in [0, 0.05) is 0 Å². The Morgan fingerprint density at radius 2 is 1.18 bits per heavy atom. The van der Waals surface area contributed by atoms with Crippen molar-refractivity contribution < 1.29 is 41.4 Å². The molecule has 0 aliphatic heterocycles. The number of rotatable bonds is 6. The second kappa shape index (κ2) is 5.80. The minimum atomic E-state index is -4.94. The molecule has 17 heavy (non-hydrogen) atoms. The van der Waals surface area contributed by atoms with Gasteiger partial charge in [-0.05, 0) is 13.8 Å². The van der Waals surface area contributed by atoms with Crippen molar-refractivity contribution in [2.75, 3.05) is 13.2 Å². The van der Waals surface area contributed by atoms with Gasteiger partial charge in [0.15, 0.2) is 0 Å². The Morgan fingerprint density at radius 1 is 0.882 bits per heavy atom. The second-order valence-corrected chi connectivity index (χ2v) is 2.58. The van der Waals surface area contributed by atoms with E-state index in [1.54, 1.807) is 0 Å². The van der Waals surface area contributed by atoms with Crippen LogP contribution in [0.3, 0.4) is 0 Å². The van der Waals surface area contributed by atoms with Crippen molar-refractivity contribution in [1.29, 1.82) is 0 Å². The Bertz CT molecular complexity index is 264. The largest absolute Gasteiger partial charge is 0.461 e. The van der Waals surface area contributed by atoms with Crippen LogP contribution in [0.2, 0.25) is 0 Å². The number of esters is 2. The molecule has 0 spiro atoms. The number of alkyl halides is 4. The summed E-state index contributed by atoms with van der Waals surface area (Å²) in [5.41, 5.74) is 0. The maximum atomic E-state index is 12.7. The quantitative estimate of drug-likeness (QED) is 0.533. The van der Waals surface area contributed by atoms with E-state index in [4.69, 9.17) is 0 Å². The van der Waals surface area contributed by atoms with Crippen molar-refractivity contribution in [1.82, 2.24) is 0 Å². The normalized spacial score (nSPS) is 12.1. The van der Waals surface area contributed by atoms with Gasteiger partial charge in [-0.15, -0.1) is 0 Å². The Morgan fingerprint density at radius 3 is 1.41 bits per heavy atom. The Labute approximate surface area is 93.6 Å². The number of carbonyl (C=O) groups is 2. The van der Waals surface area contributed by atoms with Gasteiger partial charge < -0.3 is 9.47 Å². The smallest absolute Gasteiger partial charge is 0.460 e. The maximum Gasteiger partial charge on any atom is 0.461 e. The van der Waals surface area contributed by atoms with Gasteiger partial charge in [-0.25, -0.2) is 14.3 Å². The van der Waals surface area contributed by atoms with Crippen LogP contribution in [0.25, 0.3) is 0 Å². The monoisotopic (exact) mass is 262 g/mol. The molecule has 0 aliphatic carbocycles. The van der Waals surface area contributed by atoms with Gasteiger partial charge >= 0.3 is 24.2 Å². The molecular formula is C8H10F4O5. The molecule has 0 atom stereocenters. The van der Waals surface area contributed by atoms with Gasteiger partial charge in [0.2, 0.25) is 0 Å². The summed E-state index contributed by atoms with van der Waals surface area (Å²) in [6.45, 7) is 1.47. The first-order chi connectivity index (χ1) is 7.67. The fourth-order valence-electron chi connectivity index (χ4n) is 0.675. The van der Waals surface area contributed by atoms with Crippen LogP contribution >= 0.6 is 0 Å². The van der Waals surface area contributed by atoms with Crippen molar-refractivity contribution in [3.05, 3.63) is 0 Å². The lowest BCUT2D eigenvalue weighted by molar-refractivity contribution is -0.354. The molecule has 0 radical (unpaired) electrons. The van der Waals surface area contributed by atoms with Gasteiger partial charge in [-0.3, -0.25) is 0 Å². The lowest BCUT2D eigenvalue weighted by Crippen LogP contribution is -2.45. The fourth-order valence-corrected chi connectivity index (χ4v) is 0.675. The summed E-state index contributed by atoms with van der Waals surface area (Å²) in [7, 11) is 0. The maximum absolute atomic E-state index is 12.7. The Balaban J connectivity index is 4.68. The molecule has 0 amide bonds. The molecule has 0 N–H and O–H groups in total. The lowest BCUT2D eigenvalue weighted by Gasteiger charge is -2.20. The van der Waals surface area contributed by atoms with Gasteiger partial charge in [-0.2, -0.15) is 17.6 Å². The zero-order chi connectivity index (χ0) is 13.7. The molecule has 0 heterocycles. The van der Waals surface area contributed by atoms with E-state index in [-0.39, 0.29) is 0 Å². The van der Waals surface area contributed by atoms with Crippen LogP contribution in [-0.2, 0) is 23.8 Å². The Kier molecular flexibility index (Phi) is 5.33. The molecule has 0 bridgehead atoms. The van der Waals surface area contributed by atoms with E-state index < -0.39 is 37.4 Å². The van der Waals surface area contributed by atoms with Crippen LogP contribution in [0.4, 0.5) is 17.6 Å². The van der Waals surface area contributed by atoms with Gasteiger partial charge in [0.1, 0.15) is 0 Å². The van der Waals surface area contributed by atoms with Crippen molar-refractivity contribution in [3.63, 3.8) is 0 Å². The molecule has 0 saturated heterocycles. The number of halogens is 4. The van der Waals surface area contributed by atoms with E-state index in [1.807, 2.05) is 0 Å². The van der Waals surface area contributed by atoms with Crippen molar-refractivity contribution in [2.45, 2.75) is 26.1 Å². The zero-order valence-electron chi connectivity index (χ0n) is 8.97. The molecule has 0 aromatic carbocycles. The summed E-state index contributed by atoms with van der Waals surface area (Å²) in [4.78, 5) is 21.1. The van der Waals surface area contributed by atoms with Crippen LogP contribution in [0, 0.1) is 0 Å². The predicted octanol–water partition coefficient (Wildman–Crippen LogP) is 1.31. The SMILES string of the molecule is CCOC(=O)C(F)(F)OC(F)(F)C(=O)OCC. The molecule has 0 rings (SSSR count). The third kappa shape index (κ3) is 4.55. The van der Waals surface area contributed by atoms with E-state index in [1.165, 1.54) is 13.8 Å². The average molecular weight is 262 g/mol. The highest BCUT2D eigenvalue weighted by atomic mass is 19.3. The molecule has 0 aliphatic rings. The summed E-state index contributed by atoms with van der Waals surface area (Å²) in [5.74, 6) is -4.63. The van der Waals surface area contributed by atoms with Gasteiger partial charge in [-0.1, -0.05) is 0 Å². The number of hydrogen-bond donors (Lipinski definition) is 0. The third-order valence-corrected chi connectivity index (χ3v) is 1.28. The minimum absolute atomic E-state index is 0.456. The number of ether oxygens (including phenoxy) is 3. The second-order valence-electron chi connectivity index (χ2n) is 2.58. The molecule has 0 aromatic rings. The zero-order valence-corrected chi connectivity index (χ0v) is 8.97. The van der Waals surface area contributed by atoms with Crippen LogP contribution in [0.15, 0.2) is 0 Å². The molecule has 0 saturated carbocycles. The fraction of sp³-hybridized carbons (Fsp3) is 0.750. The minimum Gasteiger partial charge on any atom is -0.460 e. The first-order valence-electron chi connectivity index (χ1n) is 4.47. The lowest BCUT2D eigenvalue weighted by atomic mass is 10.5. The van der Waals surface area contributed by atoms with Crippen LogP contribution in [0.5, 0.6) is 0 Å². The van der Waals surface area contributed by atoms with Crippen LogP contribution in [-0.4, -0.2) is 37.4 Å². The van der Waals surface area contributed by atoms with E-state index in [0.717, 1.165) is 0 Å². The summed E-state index contributed by atoms with van der Waals surface area (Å²) >= 11 is 0. The molecule has 5 nitrogen and oxygen atoms in total. The summed E-state index contributed by atoms with van der Waals surface area (Å²) in [6.07, 6.45) is -9.88. The van der Waals surface area contributed by atoms with Crippen molar-refractivity contribution in [3.8, 4) is 0 Å². The average Bonchev–Trinajstić information content (AvgIpc) is 2.16. The van der Waals surface area contributed by atoms with E-state index in [0.29, 0.717) is 0 Å². The van der Waals surface area contributed by atoms with E-state index in [9.17, 15) is 27.2 Å². The summed E-state index contributed by atoms with van der Waals surface area (Å²) < 4.78 is 61.3. The summed E-state index contributed by atoms with van der Waals surface area (Å²) in [5, 5.41) is 0. The summed E-state index contributed by atoms with van der Waals surface area (Å²) in [6, 6.07) is 0. The van der Waals surface area contributed by atoms with Crippen LogP contribution < -0.4 is 0 Å². The highest BCUT2D eigenvalue weighted by molar-refractivity contribution is 5.79. The predicted molar refractivity (Wildman–Crippen MR) is 44.2 cm³/mol. The first-order valence-corrected chi connectivity index (χ1v) is 4.47. The molecule has 0 fully saturated rings. The van der Waals surface area contributed by atoms with E-state index in [2.05, 4.69) is 14.2 Å². The standard InChI is InChI=1S/C8H10F4O5/c1-3-15-5(13)7(9,10)17-8(11,12)6(14)16-4-2/h3-4H2,1-2H3. The number of hydrogen-bond acceptors (Lipinski definition) is 5. The molecule has 0 aromatic heterocycles.